The molecule has 0 aliphatic rings. The summed E-state index contributed by atoms with van der Waals surface area (Å²) in [4.78, 5) is 27.6. The smallest absolute Gasteiger partial charge is 0.330 e. The molecule has 0 spiro atoms. The molecule has 0 radical (unpaired) electrons. The van der Waals surface area contributed by atoms with Crippen LogP contribution in [0.1, 0.15) is 32.7 Å². The number of rotatable bonds is 6. The Labute approximate surface area is 135 Å². The quantitative estimate of drug-likeness (QED) is 0.844. The second-order valence-corrected chi connectivity index (χ2v) is 5.76. The number of hydrogen-bond donors (Lipinski definition) is 2. The lowest BCUT2D eigenvalue weighted by atomic mass is 10.0. The number of aryl methyl sites for hydroxylation is 1. The molecule has 2 N–H and O–H groups in total. The first-order valence-corrected chi connectivity index (χ1v) is 7.53. The van der Waals surface area contributed by atoms with Gasteiger partial charge in [0.1, 0.15) is 16.5 Å². The van der Waals surface area contributed by atoms with Crippen molar-refractivity contribution in [2.24, 2.45) is 0 Å². The summed E-state index contributed by atoms with van der Waals surface area (Å²) >= 11 is 1.24. The molecule has 0 saturated heterocycles. The molecular formula is C15H15FN2O4S. The summed E-state index contributed by atoms with van der Waals surface area (Å²) in [5.74, 6) is -2.29. The van der Waals surface area contributed by atoms with Gasteiger partial charge in [-0.25, -0.2) is 14.2 Å². The second-order valence-electron chi connectivity index (χ2n) is 4.81. The zero-order valence-electron chi connectivity index (χ0n) is 12.5. The van der Waals surface area contributed by atoms with E-state index in [2.05, 4.69) is 10.3 Å². The Morgan fingerprint density at radius 1 is 1.48 bits per heavy atom. The molecule has 1 aromatic carbocycles. The second kappa shape index (κ2) is 7.30. The number of methoxy groups -OCH3 is 1. The van der Waals surface area contributed by atoms with Gasteiger partial charge in [0.05, 0.1) is 6.61 Å². The number of amides is 1. The van der Waals surface area contributed by atoms with Crippen molar-refractivity contribution in [3.63, 3.8) is 0 Å². The van der Waals surface area contributed by atoms with Gasteiger partial charge in [-0.05, 0) is 24.1 Å². The van der Waals surface area contributed by atoms with Gasteiger partial charge in [-0.1, -0.05) is 12.1 Å². The number of nitrogens with zero attached hydrogens (tertiary/aromatic N) is 1. The fraction of sp³-hybridized carbons (Fsp3) is 0.267. The lowest BCUT2D eigenvalue weighted by molar-refractivity contribution is -0.139. The highest BCUT2D eigenvalue weighted by Gasteiger charge is 2.24. The average Bonchev–Trinajstić information content (AvgIpc) is 2.96. The summed E-state index contributed by atoms with van der Waals surface area (Å²) in [7, 11) is 1.51. The van der Waals surface area contributed by atoms with Crippen molar-refractivity contribution in [2.75, 3.05) is 7.11 Å². The van der Waals surface area contributed by atoms with Crippen LogP contribution in [0.4, 0.5) is 4.39 Å². The van der Waals surface area contributed by atoms with Crippen molar-refractivity contribution in [3.05, 3.63) is 51.2 Å². The number of aliphatic carboxylic acids is 1. The summed E-state index contributed by atoms with van der Waals surface area (Å²) in [6, 6.07) is 2.62. The number of carboxylic acids is 1. The normalized spacial score (nSPS) is 12.0. The molecule has 0 fully saturated rings. The van der Waals surface area contributed by atoms with Crippen LogP contribution in [-0.2, 0) is 16.1 Å². The molecule has 0 aliphatic heterocycles. The SMILES string of the molecule is COCc1nc(C(=O)NC(C(=O)O)c2ccc(F)c(C)c2)cs1. The molecule has 6 nitrogen and oxygen atoms in total. The van der Waals surface area contributed by atoms with Crippen LogP contribution < -0.4 is 5.32 Å². The minimum atomic E-state index is -1.28. The van der Waals surface area contributed by atoms with Crippen molar-refractivity contribution >= 4 is 23.2 Å². The Hall–Kier alpha value is -2.32. The van der Waals surface area contributed by atoms with E-state index in [9.17, 15) is 19.1 Å². The Balaban J connectivity index is 2.19. The van der Waals surface area contributed by atoms with Gasteiger partial charge in [0.25, 0.3) is 5.91 Å². The van der Waals surface area contributed by atoms with Crippen molar-refractivity contribution < 1.29 is 23.8 Å². The highest BCUT2D eigenvalue weighted by atomic mass is 32.1. The third kappa shape index (κ3) is 4.11. The van der Waals surface area contributed by atoms with E-state index < -0.39 is 23.7 Å². The predicted octanol–water partition coefficient (Wildman–Crippen LogP) is 2.29. The first kappa shape index (κ1) is 17.0. The van der Waals surface area contributed by atoms with Crippen LogP contribution in [0, 0.1) is 12.7 Å². The molecule has 2 aromatic rings. The number of benzene rings is 1. The maximum absolute atomic E-state index is 13.3. The number of thiazole rings is 1. The number of carbonyl (C=O) groups is 2. The fourth-order valence-electron chi connectivity index (χ4n) is 1.95. The number of ether oxygens (including phenoxy) is 1. The number of halogens is 1. The van der Waals surface area contributed by atoms with E-state index in [1.54, 1.807) is 0 Å². The molecule has 1 amide bonds. The monoisotopic (exact) mass is 338 g/mol. The first-order chi connectivity index (χ1) is 10.9. The van der Waals surface area contributed by atoms with Crippen LogP contribution in [-0.4, -0.2) is 29.1 Å². The highest BCUT2D eigenvalue weighted by Crippen LogP contribution is 2.18. The summed E-state index contributed by atoms with van der Waals surface area (Å²) in [6.07, 6.45) is 0. The summed E-state index contributed by atoms with van der Waals surface area (Å²) in [5, 5.41) is 13.9. The van der Waals surface area contributed by atoms with Crippen LogP contribution >= 0.6 is 11.3 Å². The highest BCUT2D eigenvalue weighted by molar-refractivity contribution is 7.09. The molecule has 1 heterocycles. The van der Waals surface area contributed by atoms with Gasteiger partial charge in [0.2, 0.25) is 0 Å². The molecule has 1 unspecified atom stereocenters. The van der Waals surface area contributed by atoms with Gasteiger partial charge in [-0.15, -0.1) is 11.3 Å². The fourth-order valence-corrected chi connectivity index (χ4v) is 2.69. The number of carbonyl (C=O) groups excluding carboxylic acids is 1. The van der Waals surface area contributed by atoms with Crippen molar-refractivity contribution in [3.8, 4) is 0 Å². The lowest BCUT2D eigenvalue weighted by Gasteiger charge is -2.15. The average molecular weight is 338 g/mol. The number of aromatic nitrogens is 1. The molecule has 0 bridgehead atoms. The van der Waals surface area contributed by atoms with E-state index in [1.165, 1.54) is 48.9 Å². The Morgan fingerprint density at radius 3 is 2.83 bits per heavy atom. The van der Waals surface area contributed by atoms with Gasteiger partial charge >= 0.3 is 5.97 Å². The molecular weight excluding hydrogens is 323 g/mol. The van der Waals surface area contributed by atoms with Crippen molar-refractivity contribution in [2.45, 2.75) is 19.6 Å². The molecule has 8 heteroatoms. The van der Waals surface area contributed by atoms with Crippen LogP contribution in [0.15, 0.2) is 23.6 Å². The topological polar surface area (TPSA) is 88.5 Å². The number of hydrogen-bond acceptors (Lipinski definition) is 5. The first-order valence-electron chi connectivity index (χ1n) is 6.65. The third-order valence-corrected chi connectivity index (χ3v) is 3.91. The molecule has 0 saturated carbocycles. The molecule has 23 heavy (non-hydrogen) atoms. The van der Waals surface area contributed by atoms with Crippen LogP contribution in [0.5, 0.6) is 0 Å². The van der Waals surface area contributed by atoms with Crippen molar-refractivity contribution in [1.29, 1.82) is 0 Å². The van der Waals surface area contributed by atoms with E-state index in [0.29, 0.717) is 10.6 Å². The lowest BCUT2D eigenvalue weighted by Crippen LogP contribution is -2.34. The maximum atomic E-state index is 13.3. The van der Waals surface area contributed by atoms with E-state index in [1.807, 2.05) is 0 Å². The van der Waals surface area contributed by atoms with Gasteiger partial charge in [0, 0.05) is 12.5 Å². The molecule has 122 valence electrons. The molecule has 0 aliphatic carbocycles. The van der Waals surface area contributed by atoms with E-state index in [0.717, 1.165) is 0 Å². The van der Waals surface area contributed by atoms with Gasteiger partial charge in [-0.2, -0.15) is 0 Å². The minimum Gasteiger partial charge on any atom is -0.479 e. The summed E-state index contributed by atoms with van der Waals surface area (Å²) in [5.41, 5.74) is 0.711. The molecule has 2 rings (SSSR count). The van der Waals surface area contributed by atoms with Gasteiger partial charge in [-0.3, -0.25) is 4.79 Å². The zero-order chi connectivity index (χ0) is 17.0. The standard InChI is InChI=1S/C15H15FN2O4S/c1-8-5-9(3-4-10(8)16)13(15(20)21)18-14(19)11-7-23-12(17-11)6-22-2/h3-5,7,13H,6H2,1-2H3,(H,18,19)(H,20,21). The van der Waals surface area contributed by atoms with E-state index in [-0.39, 0.29) is 17.9 Å². The van der Waals surface area contributed by atoms with E-state index >= 15 is 0 Å². The number of carboxylic acid groups (broad SMARTS) is 1. The van der Waals surface area contributed by atoms with Gasteiger partial charge in [0.15, 0.2) is 6.04 Å². The minimum absolute atomic E-state index is 0.118. The summed E-state index contributed by atoms with van der Waals surface area (Å²) < 4.78 is 18.2. The predicted molar refractivity (Wildman–Crippen MR) is 81.8 cm³/mol. The zero-order valence-corrected chi connectivity index (χ0v) is 13.3. The Bertz CT molecular complexity index is 732. The van der Waals surface area contributed by atoms with Crippen LogP contribution in [0.2, 0.25) is 0 Å². The van der Waals surface area contributed by atoms with Crippen molar-refractivity contribution in [1.82, 2.24) is 10.3 Å². The maximum Gasteiger partial charge on any atom is 0.330 e. The molecule has 1 aromatic heterocycles. The van der Waals surface area contributed by atoms with E-state index in [4.69, 9.17) is 4.74 Å². The number of nitrogens with one attached hydrogen (secondary N) is 1. The van der Waals surface area contributed by atoms with Crippen LogP contribution in [0.25, 0.3) is 0 Å². The third-order valence-electron chi connectivity index (χ3n) is 3.09. The Kier molecular flexibility index (Phi) is 5.41. The molecule has 1 atom stereocenters. The van der Waals surface area contributed by atoms with Gasteiger partial charge < -0.3 is 15.2 Å². The van der Waals surface area contributed by atoms with Crippen LogP contribution in [0.3, 0.4) is 0 Å². The Morgan fingerprint density at radius 2 is 2.22 bits per heavy atom. The largest absolute Gasteiger partial charge is 0.479 e. The summed E-state index contributed by atoms with van der Waals surface area (Å²) in [6.45, 7) is 1.80.